The molecule has 1 aromatic heterocycles. The molecule has 2 aromatic rings. The van der Waals surface area contributed by atoms with Crippen LogP contribution < -0.4 is 4.90 Å². The number of aromatic nitrogens is 2. The van der Waals surface area contributed by atoms with Crippen LogP contribution in [0.5, 0.6) is 0 Å². The number of nitrogens with zero attached hydrogens (tertiary/aromatic N) is 5. The lowest BCUT2D eigenvalue weighted by Gasteiger charge is -2.39. The van der Waals surface area contributed by atoms with Gasteiger partial charge in [0.1, 0.15) is 6.04 Å². The minimum atomic E-state index is -0.187. The van der Waals surface area contributed by atoms with Crippen molar-refractivity contribution in [1.82, 2.24) is 19.8 Å². The molecule has 6 nitrogen and oxygen atoms in total. The first kappa shape index (κ1) is 17.0. The van der Waals surface area contributed by atoms with E-state index in [2.05, 4.69) is 31.9 Å². The Hall–Kier alpha value is -2.47. The second-order valence-corrected chi connectivity index (χ2v) is 6.92. The Kier molecular flexibility index (Phi) is 5.11. The zero-order chi connectivity index (χ0) is 17.8. The summed E-state index contributed by atoms with van der Waals surface area (Å²) in [5, 5.41) is 0. The molecule has 3 heterocycles. The molecule has 1 amide bonds. The van der Waals surface area contributed by atoms with Gasteiger partial charge in [-0.25, -0.2) is 9.97 Å². The zero-order valence-corrected chi connectivity index (χ0v) is 15.0. The van der Waals surface area contributed by atoms with E-state index in [1.807, 2.05) is 29.2 Å². The highest BCUT2D eigenvalue weighted by atomic mass is 16.2. The van der Waals surface area contributed by atoms with E-state index in [1.54, 1.807) is 12.4 Å². The third-order valence-electron chi connectivity index (χ3n) is 5.28. The highest BCUT2D eigenvalue weighted by Gasteiger charge is 2.34. The average molecular weight is 351 g/mol. The maximum atomic E-state index is 13.2. The van der Waals surface area contributed by atoms with Crippen molar-refractivity contribution >= 4 is 11.9 Å². The highest BCUT2D eigenvalue weighted by molar-refractivity contribution is 5.83. The molecule has 0 N–H and O–H groups in total. The lowest BCUT2D eigenvalue weighted by Crippen LogP contribution is -2.51. The molecule has 26 heavy (non-hydrogen) atoms. The summed E-state index contributed by atoms with van der Waals surface area (Å²) in [5.41, 5.74) is 1.09. The molecule has 0 spiro atoms. The largest absolute Gasteiger partial charge is 0.341 e. The Bertz CT molecular complexity index is 709. The van der Waals surface area contributed by atoms with Gasteiger partial charge in [0.15, 0.2) is 0 Å². The topological polar surface area (TPSA) is 52.6 Å². The molecule has 2 saturated heterocycles. The van der Waals surface area contributed by atoms with Gasteiger partial charge in [-0.2, -0.15) is 0 Å². The molecule has 0 radical (unpaired) electrons. The van der Waals surface area contributed by atoms with Crippen LogP contribution in [0.2, 0.25) is 0 Å². The molecule has 4 rings (SSSR count). The number of anilines is 1. The molecule has 0 saturated carbocycles. The van der Waals surface area contributed by atoms with Gasteiger partial charge >= 0.3 is 0 Å². The van der Waals surface area contributed by atoms with Crippen LogP contribution in [0.3, 0.4) is 0 Å². The summed E-state index contributed by atoms with van der Waals surface area (Å²) in [6.07, 6.45) is 5.79. The van der Waals surface area contributed by atoms with Crippen molar-refractivity contribution in [3.8, 4) is 0 Å². The van der Waals surface area contributed by atoms with Crippen molar-refractivity contribution in [3.05, 3.63) is 54.4 Å². The first-order chi connectivity index (χ1) is 12.8. The monoisotopic (exact) mass is 351 g/mol. The lowest BCUT2D eigenvalue weighted by molar-refractivity contribution is -0.136. The third kappa shape index (κ3) is 3.55. The summed E-state index contributed by atoms with van der Waals surface area (Å²) >= 11 is 0. The third-order valence-corrected chi connectivity index (χ3v) is 5.28. The number of hydrogen-bond acceptors (Lipinski definition) is 5. The van der Waals surface area contributed by atoms with Crippen molar-refractivity contribution in [1.29, 1.82) is 0 Å². The number of likely N-dealkylation sites (tertiary alicyclic amines) is 1. The minimum Gasteiger partial charge on any atom is -0.341 e. The summed E-state index contributed by atoms with van der Waals surface area (Å²) in [6, 6.07) is 11.8. The quantitative estimate of drug-likeness (QED) is 0.843. The second kappa shape index (κ2) is 7.83. The van der Waals surface area contributed by atoms with Crippen LogP contribution in [0, 0.1) is 0 Å². The lowest BCUT2D eigenvalue weighted by atomic mass is 10.0. The van der Waals surface area contributed by atoms with Crippen LogP contribution in [-0.2, 0) is 4.79 Å². The number of piperazine rings is 1. The van der Waals surface area contributed by atoms with Gasteiger partial charge in [-0.05, 0) is 24.5 Å². The number of rotatable bonds is 4. The Balaban J connectivity index is 1.51. The maximum Gasteiger partial charge on any atom is 0.244 e. The summed E-state index contributed by atoms with van der Waals surface area (Å²) in [5.74, 6) is 1.02. The van der Waals surface area contributed by atoms with Crippen LogP contribution in [0.25, 0.3) is 0 Å². The number of amides is 1. The van der Waals surface area contributed by atoms with Crippen LogP contribution >= 0.6 is 0 Å². The molecule has 0 aliphatic carbocycles. The van der Waals surface area contributed by atoms with E-state index in [1.165, 1.54) is 0 Å². The molecule has 1 aromatic carbocycles. The van der Waals surface area contributed by atoms with Gasteiger partial charge in [0.2, 0.25) is 11.9 Å². The highest BCUT2D eigenvalue weighted by Crippen LogP contribution is 2.27. The van der Waals surface area contributed by atoms with Crippen molar-refractivity contribution in [3.63, 3.8) is 0 Å². The molecule has 2 fully saturated rings. The molecule has 0 unspecified atom stereocenters. The second-order valence-electron chi connectivity index (χ2n) is 6.92. The van der Waals surface area contributed by atoms with E-state index in [-0.39, 0.29) is 11.9 Å². The van der Waals surface area contributed by atoms with Crippen molar-refractivity contribution in [2.75, 3.05) is 44.2 Å². The van der Waals surface area contributed by atoms with Crippen molar-refractivity contribution in [2.24, 2.45) is 0 Å². The van der Waals surface area contributed by atoms with E-state index in [0.717, 1.165) is 63.6 Å². The molecular formula is C20H25N5O. The van der Waals surface area contributed by atoms with Gasteiger partial charge in [0, 0.05) is 51.7 Å². The molecule has 1 atom stereocenters. The molecule has 0 bridgehead atoms. The van der Waals surface area contributed by atoms with Crippen molar-refractivity contribution < 1.29 is 4.79 Å². The van der Waals surface area contributed by atoms with E-state index in [9.17, 15) is 4.79 Å². The number of hydrogen-bond donors (Lipinski definition) is 0. The normalized spacial score (nSPS) is 19.5. The van der Waals surface area contributed by atoms with Gasteiger partial charge in [-0.3, -0.25) is 9.69 Å². The Labute approximate surface area is 154 Å². The van der Waals surface area contributed by atoms with Gasteiger partial charge in [-0.15, -0.1) is 0 Å². The van der Waals surface area contributed by atoms with Gasteiger partial charge in [0.05, 0.1) is 0 Å². The molecule has 6 heteroatoms. The van der Waals surface area contributed by atoms with E-state index >= 15 is 0 Å². The first-order valence-corrected chi connectivity index (χ1v) is 9.43. The molecular weight excluding hydrogens is 326 g/mol. The van der Waals surface area contributed by atoms with E-state index in [4.69, 9.17) is 0 Å². The van der Waals surface area contributed by atoms with E-state index in [0.29, 0.717) is 0 Å². The standard InChI is InChI=1S/C20H25N5O/c26-19(24-11-4-5-12-24)18(17-7-2-1-3-8-17)23-13-15-25(16-14-23)20-21-9-6-10-22-20/h1-3,6-10,18H,4-5,11-16H2/t18-/m1/s1. The SMILES string of the molecule is O=C([C@@H](c1ccccc1)N1CCN(c2ncccn2)CC1)N1CCCC1. The predicted molar refractivity (Wildman–Crippen MR) is 101 cm³/mol. The van der Waals surface area contributed by atoms with Crippen molar-refractivity contribution in [2.45, 2.75) is 18.9 Å². The summed E-state index contributed by atoms with van der Waals surface area (Å²) < 4.78 is 0. The van der Waals surface area contributed by atoms with Crippen LogP contribution in [-0.4, -0.2) is 64.9 Å². The van der Waals surface area contributed by atoms with Gasteiger partial charge in [-0.1, -0.05) is 30.3 Å². The number of carbonyl (C=O) groups excluding carboxylic acids is 1. The van der Waals surface area contributed by atoms with Crippen LogP contribution in [0.1, 0.15) is 24.4 Å². The number of carbonyl (C=O) groups is 1. The number of benzene rings is 1. The average Bonchev–Trinajstić information content (AvgIpc) is 3.25. The van der Waals surface area contributed by atoms with Crippen LogP contribution in [0.15, 0.2) is 48.8 Å². The van der Waals surface area contributed by atoms with Gasteiger partial charge in [0.25, 0.3) is 0 Å². The molecule has 2 aliphatic heterocycles. The Morgan fingerprint density at radius 3 is 2.15 bits per heavy atom. The van der Waals surface area contributed by atoms with E-state index < -0.39 is 0 Å². The molecule has 136 valence electrons. The fraction of sp³-hybridized carbons (Fsp3) is 0.450. The summed E-state index contributed by atoms with van der Waals surface area (Å²) in [7, 11) is 0. The Morgan fingerprint density at radius 2 is 1.50 bits per heavy atom. The van der Waals surface area contributed by atoms with Crippen LogP contribution in [0.4, 0.5) is 5.95 Å². The fourth-order valence-corrected chi connectivity index (χ4v) is 3.89. The summed E-state index contributed by atoms with van der Waals surface area (Å²) in [4.78, 5) is 28.5. The maximum absolute atomic E-state index is 13.2. The molecule has 2 aliphatic rings. The van der Waals surface area contributed by atoms with Gasteiger partial charge < -0.3 is 9.80 Å². The first-order valence-electron chi connectivity index (χ1n) is 9.43. The predicted octanol–water partition coefficient (Wildman–Crippen LogP) is 1.96. The fourth-order valence-electron chi connectivity index (χ4n) is 3.89. The smallest absolute Gasteiger partial charge is 0.244 e. The zero-order valence-electron chi connectivity index (χ0n) is 15.0. The minimum absolute atomic E-state index is 0.187. The summed E-state index contributed by atoms with van der Waals surface area (Å²) in [6.45, 7) is 5.11. The Morgan fingerprint density at radius 1 is 0.846 bits per heavy atom.